The van der Waals surface area contributed by atoms with Crippen LogP contribution >= 0.6 is 0 Å². The van der Waals surface area contributed by atoms with Crippen LogP contribution in [0, 0.1) is 6.92 Å². The molecular formula is C19H24N2O2S. The minimum atomic E-state index is -3.55. The molecule has 0 radical (unpaired) electrons. The molecule has 1 fully saturated rings. The maximum Gasteiger partial charge on any atom is 0.261 e. The molecule has 1 saturated heterocycles. The molecule has 0 saturated carbocycles. The van der Waals surface area contributed by atoms with Crippen LogP contribution in [0.2, 0.25) is 0 Å². The van der Waals surface area contributed by atoms with Crippen molar-refractivity contribution in [3.8, 4) is 0 Å². The Kier molecular flexibility index (Phi) is 4.81. The van der Waals surface area contributed by atoms with Gasteiger partial charge in [-0.05, 0) is 67.6 Å². The van der Waals surface area contributed by atoms with Crippen molar-refractivity contribution in [1.29, 1.82) is 0 Å². The van der Waals surface area contributed by atoms with E-state index in [9.17, 15) is 8.42 Å². The third-order valence-corrected chi connectivity index (χ3v) is 5.93. The van der Waals surface area contributed by atoms with E-state index >= 15 is 0 Å². The number of aryl methyl sites for hydroxylation is 2. The zero-order valence-electron chi connectivity index (χ0n) is 14.2. The highest BCUT2D eigenvalue weighted by molar-refractivity contribution is 7.92. The lowest BCUT2D eigenvalue weighted by Gasteiger charge is -2.21. The predicted octanol–water partition coefficient (Wildman–Crippen LogP) is 3.96. The van der Waals surface area contributed by atoms with Crippen molar-refractivity contribution in [2.75, 3.05) is 22.7 Å². The standard InChI is InChI=1S/C19H24N2O2S/c1-3-16-6-9-18(10-7-16)24(22,23)20-17-8-11-19(15(2)14-17)21-12-4-5-13-21/h6-11,14,20H,3-5,12-13H2,1-2H3. The molecule has 0 amide bonds. The first kappa shape index (κ1) is 16.8. The van der Waals surface area contributed by atoms with Gasteiger partial charge in [-0.15, -0.1) is 0 Å². The van der Waals surface area contributed by atoms with Crippen LogP contribution in [0.25, 0.3) is 0 Å². The topological polar surface area (TPSA) is 49.4 Å². The Labute approximate surface area is 144 Å². The minimum Gasteiger partial charge on any atom is -0.371 e. The van der Waals surface area contributed by atoms with E-state index in [1.165, 1.54) is 18.5 Å². The number of anilines is 2. The largest absolute Gasteiger partial charge is 0.371 e. The summed E-state index contributed by atoms with van der Waals surface area (Å²) in [7, 11) is -3.55. The fraction of sp³-hybridized carbons (Fsp3) is 0.368. The summed E-state index contributed by atoms with van der Waals surface area (Å²) in [6, 6.07) is 12.8. The molecule has 0 unspecified atom stereocenters. The van der Waals surface area contributed by atoms with Gasteiger partial charge < -0.3 is 4.90 Å². The second-order valence-corrected chi connectivity index (χ2v) is 7.98. The Morgan fingerprint density at radius 3 is 2.29 bits per heavy atom. The van der Waals surface area contributed by atoms with Gasteiger partial charge in [-0.25, -0.2) is 8.42 Å². The number of rotatable bonds is 5. The zero-order chi connectivity index (χ0) is 17.2. The second-order valence-electron chi connectivity index (χ2n) is 6.30. The van der Waals surface area contributed by atoms with Gasteiger partial charge in [0, 0.05) is 24.5 Å². The zero-order valence-corrected chi connectivity index (χ0v) is 15.1. The highest BCUT2D eigenvalue weighted by Gasteiger charge is 2.17. The molecule has 24 heavy (non-hydrogen) atoms. The number of hydrogen-bond acceptors (Lipinski definition) is 3. The average Bonchev–Trinajstić information content (AvgIpc) is 3.09. The van der Waals surface area contributed by atoms with Gasteiger partial charge in [0.15, 0.2) is 0 Å². The third-order valence-electron chi connectivity index (χ3n) is 4.54. The summed E-state index contributed by atoms with van der Waals surface area (Å²) in [5.41, 5.74) is 4.02. The van der Waals surface area contributed by atoms with Crippen molar-refractivity contribution in [1.82, 2.24) is 0 Å². The first-order valence-electron chi connectivity index (χ1n) is 8.47. The van der Waals surface area contributed by atoms with E-state index in [4.69, 9.17) is 0 Å². The molecule has 0 bridgehead atoms. The summed E-state index contributed by atoms with van der Waals surface area (Å²) in [5, 5.41) is 0. The Morgan fingerprint density at radius 2 is 1.71 bits per heavy atom. The summed E-state index contributed by atoms with van der Waals surface area (Å²) >= 11 is 0. The van der Waals surface area contributed by atoms with Gasteiger partial charge in [0.25, 0.3) is 10.0 Å². The summed E-state index contributed by atoms with van der Waals surface area (Å²) in [6.45, 7) is 6.24. The molecule has 0 aliphatic carbocycles. The van der Waals surface area contributed by atoms with Crippen LogP contribution in [0.5, 0.6) is 0 Å². The molecule has 3 rings (SSSR count). The molecule has 0 aromatic heterocycles. The van der Waals surface area contributed by atoms with Crippen molar-refractivity contribution in [2.45, 2.75) is 38.0 Å². The molecule has 1 aliphatic heterocycles. The van der Waals surface area contributed by atoms with E-state index in [-0.39, 0.29) is 0 Å². The monoisotopic (exact) mass is 344 g/mol. The van der Waals surface area contributed by atoms with Crippen molar-refractivity contribution < 1.29 is 8.42 Å². The van der Waals surface area contributed by atoms with Crippen molar-refractivity contribution in [3.63, 3.8) is 0 Å². The highest BCUT2D eigenvalue weighted by atomic mass is 32.2. The van der Waals surface area contributed by atoms with Crippen molar-refractivity contribution >= 4 is 21.4 Å². The van der Waals surface area contributed by atoms with Crippen LogP contribution in [0.15, 0.2) is 47.4 Å². The molecule has 0 spiro atoms. The van der Waals surface area contributed by atoms with Crippen LogP contribution in [-0.4, -0.2) is 21.5 Å². The fourth-order valence-corrected chi connectivity index (χ4v) is 4.20. The molecular weight excluding hydrogens is 320 g/mol. The molecule has 1 N–H and O–H groups in total. The van der Waals surface area contributed by atoms with Gasteiger partial charge in [0.2, 0.25) is 0 Å². The lowest BCUT2D eigenvalue weighted by atomic mass is 10.1. The number of hydrogen-bond donors (Lipinski definition) is 1. The van der Waals surface area contributed by atoms with Gasteiger partial charge in [-0.1, -0.05) is 19.1 Å². The number of sulfonamides is 1. The lowest BCUT2D eigenvalue weighted by Crippen LogP contribution is -2.19. The first-order valence-corrected chi connectivity index (χ1v) is 9.95. The van der Waals surface area contributed by atoms with Gasteiger partial charge in [-0.2, -0.15) is 0 Å². The van der Waals surface area contributed by atoms with Crippen LogP contribution in [0.3, 0.4) is 0 Å². The summed E-state index contributed by atoms with van der Waals surface area (Å²) in [4.78, 5) is 2.65. The SMILES string of the molecule is CCc1ccc(S(=O)(=O)Nc2ccc(N3CCCC3)c(C)c2)cc1. The molecule has 2 aromatic carbocycles. The summed E-state index contributed by atoms with van der Waals surface area (Å²) < 4.78 is 27.7. The van der Waals surface area contributed by atoms with E-state index in [1.807, 2.05) is 44.2 Å². The quantitative estimate of drug-likeness (QED) is 0.893. The minimum absolute atomic E-state index is 0.293. The predicted molar refractivity (Wildman–Crippen MR) is 99.3 cm³/mol. The van der Waals surface area contributed by atoms with Gasteiger partial charge in [0.1, 0.15) is 0 Å². The Hall–Kier alpha value is -2.01. The van der Waals surface area contributed by atoms with E-state index in [0.29, 0.717) is 10.6 Å². The highest BCUT2D eigenvalue weighted by Crippen LogP contribution is 2.27. The van der Waals surface area contributed by atoms with E-state index in [0.717, 1.165) is 30.6 Å². The third kappa shape index (κ3) is 3.56. The lowest BCUT2D eigenvalue weighted by molar-refractivity contribution is 0.601. The average molecular weight is 344 g/mol. The number of nitrogens with one attached hydrogen (secondary N) is 1. The summed E-state index contributed by atoms with van der Waals surface area (Å²) in [5.74, 6) is 0. The van der Waals surface area contributed by atoms with Crippen molar-refractivity contribution in [3.05, 3.63) is 53.6 Å². The first-order chi connectivity index (χ1) is 11.5. The van der Waals surface area contributed by atoms with Crippen molar-refractivity contribution in [2.24, 2.45) is 0 Å². The van der Waals surface area contributed by atoms with Gasteiger partial charge in [-0.3, -0.25) is 4.72 Å². The number of benzene rings is 2. The van der Waals surface area contributed by atoms with Gasteiger partial charge >= 0.3 is 0 Å². The normalized spacial score (nSPS) is 14.8. The van der Waals surface area contributed by atoms with Gasteiger partial charge in [0.05, 0.1) is 4.90 Å². The van der Waals surface area contributed by atoms with Crippen LogP contribution < -0.4 is 9.62 Å². The van der Waals surface area contributed by atoms with Crippen LogP contribution in [-0.2, 0) is 16.4 Å². The number of nitrogens with zero attached hydrogens (tertiary/aromatic N) is 1. The molecule has 2 aromatic rings. The molecule has 1 heterocycles. The van der Waals surface area contributed by atoms with E-state index < -0.39 is 10.0 Å². The smallest absolute Gasteiger partial charge is 0.261 e. The second kappa shape index (κ2) is 6.85. The van der Waals surface area contributed by atoms with E-state index in [1.54, 1.807) is 12.1 Å². The molecule has 0 atom stereocenters. The Morgan fingerprint density at radius 1 is 1.04 bits per heavy atom. The molecule has 1 aliphatic rings. The fourth-order valence-electron chi connectivity index (χ4n) is 3.15. The Bertz CT molecular complexity index is 808. The maximum atomic E-state index is 12.5. The van der Waals surface area contributed by atoms with Crippen LogP contribution in [0.1, 0.15) is 30.9 Å². The Balaban J connectivity index is 1.80. The van der Waals surface area contributed by atoms with Crippen LogP contribution in [0.4, 0.5) is 11.4 Å². The van der Waals surface area contributed by atoms with E-state index in [2.05, 4.69) is 9.62 Å². The molecule has 128 valence electrons. The molecule has 4 nitrogen and oxygen atoms in total. The molecule has 5 heteroatoms. The maximum absolute atomic E-state index is 12.5. The summed E-state index contributed by atoms with van der Waals surface area (Å²) in [6.07, 6.45) is 3.34.